The highest BCUT2D eigenvalue weighted by Crippen LogP contribution is 2.22. The normalized spacial score (nSPS) is 11.1. The Balaban J connectivity index is 1.95. The highest BCUT2D eigenvalue weighted by atomic mass is 16.6. The van der Waals surface area contributed by atoms with Crippen molar-refractivity contribution in [3.8, 4) is 5.75 Å². The predicted molar refractivity (Wildman–Crippen MR) is 88.4 cm³/mol. The number of benzene rings is 1. The summed E-state index contributed by atoms with van der Waals surface area (Å²) >= 11 is 0. The Labute approximate surface area is 139 Å². The van der Waals surface area contributed by atoms with Crippen molar-refractivity contribution in [3.63, 3.8) is 0 Å². The van der Waals surface area contributed by atoms with E-state index in [0.717, 1.165) is 0 Å². The predicted octanol–water partition coefficient (Wildman–Crippen LogP) is 2.84. The first-order valence-electron chi connectivity index (χ1n) is 7.48. The van der Waals surface area contributed by atoms with Gasteiger partial charge in [-0.15, -0.1) is 0 Å². The zero-order valence-corrected chi connectivity index (χ0v) is 13.8. The number of aromatic nitrogens is 1. The Morgan fingerprint density at radius 1 is 1.25 bits per heavy atom. The molecule has 0 spiro atoms. The molecule has 1 amide bonds. The Bertz CT molecular complexity index is 752. The van der Waals surface area contributed by atoms with Crippen LogP contribution in [0, 0.1) is 0 Å². The topological polar surface area (TPSA) is 97.8 Å². The number of aromatic carboxylic acids is 1. The van der Waals surface area contributed by atoms with E-state index >= 15 is 0 Å². The van der Waals surface area contributed by atoms with Crippen molar-refractivity contribution in [2.75, 3.05) is 13.2 Å². The number of nitrogens with one attached hydrogen (secondary N) is 1. The van der Waals surface area contributed by atoms with Crippen LogP contribution in [-0.4, -0.2) is 40.9 Å². The van der Waals surface area contributed by atoms with E-state index in [1.54, 1.807) is 39.0 Å². The molecule has 0 saturated heterocycles. The maximum atomic E-state index is 11.5. The molecule has 0 saturated carbocycles. The van der Waals surface area contributed by atoms with Gasteiger partial charge in [0.1, 0.15) is 18.0 Å². The van der Waals surface area contributed by atoms with Crippen molar-refractivity contribution < 1.29 is 24.2 Å². The molecule has 128 valence electrons. The lowest BCUT2D eigenvalue weighted by molar-refractivity contribution is 0.0519. The van der Waals surface area contributed by atoms with Gasteiger partial charge in [0.05, 0.1) is 17.6 Å². The number of rotatable bonds is 5. The van der Waals surface area contributed by atoms with Crippen LogP contribution in [-0.2, 0) is 4.74 Å². The molecule has 2 rings (SSSR count). The maximum Gasteiger partial charge on any atom is 0.407 e. The van der Waals surface area contributed by atoms with Gasteiger partial charge in [-0.3, -0.25) is 4.98 Å². The van der Waals surface area contributed by atoms with E-state index < -0.39 is 17.7 Å². The molecule has 1 aromatic carbocycles. The molecule has 2 aromatic rings. The Hall–Kier alpha value is -2.83. The molecule has 0 unspecified atom stereocenters. The molecular weight excluding hydrogens is 312 g/mol. The summed E-state index contributed by atoms with van der Waals surface area (Å²) in [6, 6.07) is 6.46. The average molecular weight is 332 g/mol. The first-order chi connectivity index (χ1) is 11.3. The third-order valence-electron chi connectivity index (χ3n) is 2.98. The number of alkyl carbamates (subject to hydrolysis) is 1. The van der Waals surface area contributed by atoms with Crippen LogP contribution in [0.15, 0.2) is 30.5 Å². The van der Waals surface area contributed by atoms with Gasteiger partial charge in [-0.25, -0.2) is 9.59 Å². The lowest BCUT2D eigenvalue weighted by atomic mass is 10.1. The molecule has 0 atom stereocenters. The Kier molecular flexibility index (Phi) is 5.23. The molecule has 24 heavy (non-hydrogen) atoms. The van der Waals surface area contributed by atoms with Crippen molar-refractivity contribution in [3.05, 3.63) is 36.0 Å². The summed E-state index contributed by atoms with van der Waals surface area (Å²) in [6.45, 7) is 5.85. The fraction of sp³-hybridized carbons (Fsp3) is 0.353. The molecule has 0 aliphatic carbocycles. The minimum atomic E-state index is -1.02. The smallest absolute Gasteiger partial charge is 0.407 e. The highest BCUT2D eigenvalue weighted by molar-refractivity contribution is 6.02. The number of carboxylic acid groups (broad SMARTS) is 1. The van der Waals surface area contributed by atoms with Gasteiger partial charge in [0.25, 0.3) is 0 Å². The molecule has 7 nitrogen and oxygen atoms in total. The molecule has 0 bridgehead atoms. The Morgan fingerprint density at radius 2 is 2.00 bits per heavy atom. The van der Waals surface area contributed by atoms with E-state index in [-0.39, 0.29) is 18.7 Å². The lowest BCUT2D eigenvalue weighted by Gasteiger charge is -2.19. The number of carbonyl (C=O) groups is 2. The van der Waals surface area contributed by atoms with Crippen molar-refractivity contribution in [2.24, 2.45) is 0 Å². The standard InChI is InChI=1S/C17H20N2O5/c1-17(2,3)24-16(22)19-8-9-23-11-4-5-14-13(10-11)12(15(20)21)6-7-18-14/h4-7,10H,8-9H2,1-3H3,(H,19,22)(H,20,21). The van der Waals surface area contributed by atoms with Crippen molar-refractivity contribution in [1.82, 2.24) is 10.3 Å². The third kappa shape index (κ3) is 4.84. The molecule has 7 heteroatoms. The molecule has 0 aliphatic rings. The highest BCUT2D eigenvalue weighted by Gasteiger charge is 2.15. The summed E-state index contributed by atoms with van der Waals surface area (Å²) in [6.07, 6.45) is 0.943. The molecule has 0 radical (unpaired) electrons. The van der Waals surface area contributed by atoms with E-state index in [0.29, 0.717) is 16.7 Å². The second-order valence-corrected chi connectivity index (χ2v) is 6.12. The van der Waals surface area contributed by atoms with Crippen LogP contribution < -0.4 is 10.1 Å². The second kappa shape index (κ2) is 7.16. The van der Waals surface area contributed by atoms with Gasteiger partial charge < -0.3 is 19.9 Å². The van der Waals surface area contributed by atoms with E-state index in [1.807, 2.05) is 0 Å². The largest absolute Gasteiger partial charge is 0.492 e. The molecule has 0 fully saturated rings. The monoisotopic (exact) mass is 332 g/mol. The van der Waals surface area contributed by atoms with Gasteiger partial charge in [0, 0.05) is 11.6 Å². The summed E-state index contributed by atoms with van der Waals surface area (Å²) in [5.41, 5.74) is 0.190. The quantitative estimate of drug-likeness (QED) is 0.817. The zero-order valence-electron chi connectivity index (χ0n) is 13.8. The lowest BCUT2D eigenvalue weighted by Crippen LogP contribution is -2.34. The molecule has 1 aromatic heterocycles. The van der Waals surface area contributed by atoms with Crippen LogP contribution in [0.25, 0.3) is 10.9 Å². The number of fused-ring (bicyclic) bond motifs is 1. The number of carbonyl (C=O) groups excluding carboxylic acids is 1. The fourth-order valence-corrected chi connectivity index (χ4v) is 2.04. The van der Waals surface area contributed by atoms with Gasteiger partial charge in [-0.1, -0.05) is 0 Å². The molecule has 1 heterocycles. The molecule has 2 N–H and O–H groups in total. The van der Waals surface area contributed by atoms with Crippen LogP contribution in [0.4, 0.5) is 4.79 Å². The van der Waals surface area contributed by atoms with Crippen LogP contribution in [0.3, 0.4) is 0 Å². The fourth-order valence-electron chi connectivity index (χ4n) is 2.04. The number of hydrogen-bond acceptors (Lipinski definition) is 5. The van der Waals surface area contributed by atoms with Gasteiger partial charge in [-0.05, 0) is 45.0 Å². The second-order valence-electron chi connectivity index (χ2n) is 6.12. The van der Waals surface area contributed by atoms with E-state index in [1.165, 1.54) is 12.3 Å². The Morgan fingerprint density at radius 3 is 2.67 bits per heavy atom. The minimum Gasteiger partial charge on any atom is -0.492 e. The number of nitrogens with zero attached hydrogens (tertiary/aromatic N) is 1. The molecule has 0 aliphatic heterocycles. The number of amides is 1. The number of hydrogen-bond donors (Lipinski definition) is 2. The summed E-state index contributed by atoms with van der Waals surface area (Å²) in [5.74, 6) is -0.518. The molecular formula is C17H20N2O5. The van der Waals surface area contributed by atoms with Gasteiger partial charge in [0.2, 0.25) is 0 Å². The van der Waals surface area contributed by atoms with Crippen molar-refractivity contribution in [2.45, 2.75) is 26.4 Å². The van der Waals surface area contributed by atoms with E-state index in [9.17, 15) is 14.7 Å². The van der Waals surface area contributed by atoms with Crippen LogP contribution in [0.5, 0.6) is 5.75 Å². The minimum absolute atomic E-state index is 0.164. The van der Waals surface area contributed by atoms with Crippen LogP contribution >= 0.6 is 0 Å². The summed E-state index contributed by atoms with van der Waals surface area (Å²) in [7, 11) is 0. The zero-order chi connectivity index (χ0) is 17.7. The van der Waals surface area contributed by atoms with Gasteiger partial charge in [-0.2, -0.15) is 0 Å². The van der Waals surface area contributed by atoms with Crippen molar-refractivity contribution in [1.29, 1.82) is 0 Å². The summed E-state index contributed by atoms with van der Waals surface area (Å²) in [5, 5.41) is 12.3. The van der Waals surface area contributed by atoms with E-state index in [4.69, 9.17) is 9.47 Å². The number of pyridine rings is 1. The SMILES string of the molecule is CC(C)(C)OC(=O)NCCOc1ccc2nccc(C(=O)O)c2c1. The third-order valence-corrected chi connectivity index (χ3v) is 2.98. The van der Waals surface area contributed by atoms with E-state index in [2.05, 4.69) is 10.3 Å². The first-order valence-corrected chi connectivity index (χ1v) is 7.48. The van der Waals surface area contributed by atoms with Crippen LogP contribution in [0.2, 0.25) is 0 Å². The summed E-state index contributed by atoms with van der Waals surface area (Å²) < 4.78 is 10.6. The van der Waals surface area contributed by atoms with Crippen LogP contribution in [0.1, 0.15) is 31.1 Å². The van der Waals surface area contributed by atoms with Gasteiger partial charge in [0.15, 0.2) is 0 Å². The maximum absolute atomic E-state index is 11.5. The number of ether oxygens (including phenoxy) is 2. The summed E-state index contributed by atoms with van der Waals surface area (Å²) in [4.78, 5) is 26.9. The van der Waals surface area contributed by atoms with Crippen molar-refractivity contribution >= 4 is 23.0 Å². The first kappa shape index (κ1) is 17.5. The average Bonchev–Trinajstić information content (AvgIpc) is 2.49. The number of carboxylic acids is 1. The van der Waals surface area contributed by atoms with Gasteiger partial charge >= 0.3 is 12.1 Å².